The molecule has 0 aliphatic heterocycles. The molecule has 1 aliphatic rings. The van der Waals surface area contributed by atoms with E-state index >= 15 is 0 Å². The van der Waals surface area contributed by atoms with E-state index in [1.165, 1.54) is 0 Å². The predicted octanol–water partition coefficient (Wildman–Crippen LogP) is 3.49. The van der Waals surface area contributed by atoms with Gasteiger partial charge in [0.15, 0.2) is 0 Å². The molecule has 13 heavy (non-hydrogen) atoms. The van der Waals surface area contributed by atoms with Crippen molar-refractivity contribution in [2.75, 3.05) is 5.88 Å². The number of hydrogen-bond donors (Lipinski definition) is 0. The lowest BCUT2D eigenvalue weighted by Gasteiger charge is -2.14. The van der Waals surface area contributed by atoms with Gasteiger partial charge in [0, 0.05) is 5.02 Å². The van der Waals surface area contributed by atoms with Crippen LogP contribution in [0.15, 0.2) is 24.3 Å². The average molecular weight is 217 g/mol. The molecule has 0 aromatic heterocycles. The Morgan fingerprint density at radius 2 is 1.85 bits per heavy atom. The third-order valence-electron chi connectivity index (χ3n) is 2.20. The third kappa shape index (κ3) is 2.09. The highest BCUT2D eigenvalue weighted by atomic mass is 35.5. The number of rotatable bonds is 3. The summed E-state index contributed by atoms with van der Waals surface area (Å²) in [6, 6.07) is 7.38. The summed E-state index contributed by atoms with van der Waals surface area (Å²) in [6.07, 6.45) is 2.11. The lowest BCUT2D eigenvalue weighted by atomic mass is 10.3. The van der Waals surface area contributed by atoms with Gasteiger partial charge in [0.25, 0.3) is 0 Å². The van der Waals surface area contributed by atoms with Gasteiger partial charge in [-0.2, -0.15) is 0 Å². The van der Waals surface area contributed by atoms with Crippen molar-refractivity contribution in [1.29, 1.82) is 0 Å². The van der Waals surface area contributed by atoms with E-state index in [1.807, 2.05) is 24.3 Å². The fraction of sp³-hybridized carbons (Fsp3) is 0.400. The fourth-order valence-corrected chi connectivity index (χ4v) is 1.60. The Kier molecular flexibility index (Phi) is 2.39. The maximum absolute atomic E-state index is 5.79. The van der Waals surface area contributed by atoms with E-state index in [0.29, 0.717) is 5.88 Å². The Labute approximate surface area is 87.6 Å². The molecule has 0 bridgehead atoms. The molecule has 0 unspecified atom stereocenters. The predicted molar refractivity (Wildman–Crippen MR) is 54.8 cm³/mol. The smallest absolute Gasteiger partial charge is 0.123 e. The van der Waals surface area contributed by atoms with Gasteiger partial charge in [-0.15, -0.1) is 11.6 Å². The van der Waals surface area contributed by atoms with Crippen molar-refractivity contribution in [3.05, 3.63) is 29.3 Å². The van der Waals surface area contributed by atoms with Crippen molar-refractivity contribution in [1.82, 2.24) is 0 Å². The molecule has 70 valence electrons. The summed E-state index contributed by atoms with van der Waals surface area (Å²) in [4.78, 5) is 0. The lowest BCUT2D eigenvalue weighted by molar-refractivity contribution is 0.204. The topological polar surface area (TPSA) is 9.23 Å². The van der Waals surface area contributed by atoms with Gasteiger partial charge in [-0.25, -0.2) is 0 Å². The Morgan fingerprint density at radius 1 is 1.23 bits per heavy atom. The molecule has 0 amide bonds. The second kappa shape index (κ2) is 3.39. The molecule has 0 heterocycles. The van der Waals surface area contributed by atoms with Crippen LogP contribution < -0.4 is 4.74 Å². The molecule has 0 radical (unpaired) electrons. The van der Waals surface area contributed by atoms with E-state index in [-0.39, 0.29) is 5.60 Å². The highest BCUT2D eigenvalue weighted by molar-refractivity contribution is 6.30. The molecule has 1 saturated carbocycles. The number of benzene rings is 1. The Balaban J connectivity index is 2.06. The van der Waals surface area contributed by atoms with Crippen molar-refractivity contribution in [2.45, 2.75) is 18.4 Å². The van der Waals surface area contributed by atoms with Crippen LogP contribution in [0.5, 0.6) is 5.75 Å². The molecule has 1 nitrogen and oxygen atoms in total. The number of ether oxygens (including phenoxy) is 1. The van der Waals surface area contributed by atoms with E-state index in [1.54, 1.807) is 0 Å². The molecule has 3 heteroatoms. The van der Waals surface area contributed by atoms with Crippen molar-refractivity contribution in [3.63, 3.8) is 0 Å². The maximum Gasteiger partial charge on any atom is 0.123 e. The molecule has 0 atom stereocenters. The fourth-order valence-electron chi connectivity index (χ4n) is 1.16. The van der Waals surface area contributed by atoms with E-state index < -0.39 is 0 Å². The van der Waals surface area contributed by atoms with Gasteiger partial charge in [-0.3, -0.25) is 0 Å². The molecule has 0 N–H and O–H groups in total. The largest absolute Gasteiger partial charge is 0.486 e. The summed E-state index contributed by atoms with van der Waals surface area (Å²) in [7, 11) is 0. The van der Waals surface area contributed by atoms with Crippen LogP contribution in [0.25, 0.3) is 0 Å². The number of alkyl halides is 1. The normalized spacial score (nSPS) is 18.3. The zero-order valence-electron chi connectivity index (χ0n) is 7.09. The molecule has 1 aromatic carbocycles. The minimum absolute atomic E-state index is 0.0879. The first-order valence-electron chi connectivity index (χ1n) is 4.25. The molecular formula is C10H10Cl2O. The van der Waals surface area contributed by atoms with Crippen molar-refractivity contribution in [3.8, 4) is 5.75 Å². The van der Waals surface area contributed by atoms with Gasteiger partial charge < -0.3 is 4.74 Å². The van der Waals surface area contributed by atoms with E-state index in [0.717, 1.165) is 23.6 Å². The maximum atomic E-state index is 5.79. The van der Waals surface area contributed by atoms with Gasteiger partial charge in [0.2, 0.25) is 0 Å². The van der Waals surface area contributed by atoms with Gasteiger partial charge in [-0.05, 0) is 37.1 Å². The van der Waals surface area contributed by atoms with Gasteiger partial charge in [-0.1, -0.05) is 11.6 Å². The second-order valence-electron chi connectivity index (χ2n) is 3.37. The van der Waals surface area contributed by atoms with Gasteiger partial charge in [0.1, 0.15) is 11.4 Å². The van der Waals surface area contributed by atoms with Crippen LogP contribution >= 0.6 is 23.2 Å². The second-order valence-corrected chi connectivity index (χ2v) is 4.08. The van der Waals surface area contributed by atoms with Gasteiger partial charge in [0.05, 0.1) is 5.88 Å². The monoisotopic (exact) mass is 216 g/mol. The summed E-state index contributed by atoms with van der Waals surface area (Å²) in [5.74, 6) is 1.41. The van der Waals surface area contributed by atoms with E-state index in [9.17, 15) is 0 Å². The molecule has 1 aromatic rings. The first-order chi connectivity index (χ1) is 6.24. The van der Waals surface area contributed by atoms with Crippen LogP contribution in [-0.2, 0) is 0 Å². The number of hydrogen-bond acceptors (Lipinski definition) is 1. The summed E-state index contributed by atoms with van der Waals surface area (Å²) < 4.78 is 5.73. The summed E-state index contributed by atoms with van der Waals surface area (Å²) in [6.45, 7) is 0. The molecule has 1 fully saturated rings. The van der Waals surface area contributed by atoms with Crippen LogP contribution in [0, 0.1) is 0 Å². The molecule has 0 spiro atoms. The Morgan fingerprint density at radius 3 is 2.31 bits per heavy atom. The quantitative estimate of drug-likeness (QED) is 0.704. The SMILES string of the molecule is ClCC1(Oc2ccc(Cl)cc2)CC1. The highest BCUT2D eigenvalue weighted by Crippen LogP contribution is 2.41. The van der Waals surface area contributed by atoms with Crippen molar-refractivity contribution >= 4 is 23.2 Å². The summed E-state index contributed by atoms with van der Waals surface area (Å²) >= 11 is 11.5. The van der Waals surface area contributed by atoms with Crippen LogP contribution in [0.2, 0.25) is 5.02 Å². The number of halogens is 2. The first-order valence-corrected chi connectivity index (χ1v) is 5.16. The average Bonchev–Trinajstić information content (AvgIpc) is 2.90. The summed E-state index contributed by atoms with van der Waals surface area (Å²) in [5, 5.41) is 0.725. The standard InChI is InChI=1S/C10H10Cl2O/c11-7-10(5-6-10)13-9-3-1-8(12)2-4-9/h1-4H,5-7H2. The van der Waals surface area contributed by atoms with Crippen LogP contribution in [0.3, 0.4) is 0 Å². The van der Waals surface area contributed by atoms with E-state index in [4.69, 9.17) is 27.9 Å². The third-order valence-corrected chi connectivity index (χ3v) is 2.94. The van der Waals surface area contributed by atoms with Crippen molar-refractivity contribution in [2.24, 2.45) is 0 Å². The zero-order valence-corrected chi connectivity index (χ0v) is 8.61. The van der Waals surface area contributed by atoms with E-state index in [2.05, 4.69) is 0 Å². The molecule has 0 saturated heterocycles. The van der Waals surface area contributed by atoms with Crippen LogP contribution in [0.4, 0.5) is 0 Å². The first kappa shape index (κ1) is 9.17. The lowest BCUT2D eigenvalue weighted by Crippen LogP contribution is -2.19. The highest BCUT2D eigenvalue weighted by Gasteiger charge is 2.44. The molecule has 1 aliphatic carbocycles. The summed E-state index contributed by atoms with van der Waals surface area (Å²) in [5.41, 5.74) is -0.0879. The van der Waals surface area contributed by atoms with Gasteiger partial charge >= 0.3 is 0 Å². The molecule has 2 rings (SSSR count). The Hall–Kier alpha value is -0.400. The van der Waals surface area contributed by atoms with Crippen LogP contribution in [0.1, 0.15) is 12.8 Å². The minimum atomic E-state index is -0.0879. The zero-order chi connectivity index (χ0) is 9.31. The van der Waals surface area contributed by atoms with Crippen molar-refractivity contribution < 1.29 is 4.74 Å². The van der Waals surface area contributed by atoms with Crippen LogP contribution in [-0.4, -0.2) is 11.5 Å². The molecular weight excluding hydrogens is 207 g/mol. The minimum Gasteiger partial charge on any atom is -0.486 e. The Bertz CT molecular complexity index is 290.